The van der Waals surface area contributed by atoms with Gasteiger partial charge in [0.05, 0.1) is 0 Å². The van der Waals surface area contributed by atoms with Gasteiger partial charge in [-0.25, -0.2) is 0 Å². The molecule has 8 rings (SSSR count). The van der Waals surface area contributed by atoms with Gasteiger partial charge in [0, 0.05) is 0 Å². The third kappa shape index (κ3) is 45.5. The summed E-state index contributed by atoms with van der Waals surface area (Å²) in [6.45, 7) is 0. The van der Waals surface area contributed by atoms with Crippen LogP contribution in [0.3, 0.4) is 0 Å². The molecule has 44 heavy (non-hydrogen) atoms. The molecule has 0 spiro atoms. The van der Waals surface area contributed by atoms with E-state index in [0.29, 0.717) is 0 Å². The molecule has 0 aromatic rings. The fourth-order valence-electron chi connectivity index (χ4n) is 7.07. The van der Waals surface area contributed by atoms with Crippen molar-refractivity contribution in [3.8, 4) is 0 Å². The molecule has 0 atom stereocenters. The van der Waals surface area contributed by atoms with Crippen LogP contribution in [0, 0.1) is 0 Å². The molecule has 8 fully saturated rings. The van der Waals surface area contributed by atoms with Crippen LogP contribution in [0.15, 0.2) is 0 Å². The average Bonchev–Trinajstić information content (AvgIpc) is 3.95. The summed E-state index contributed by atoms with van der Waals surface area (Å²) in [4.78, 5) is 0. The standard InChI is InChI=1S/8C5H10.4H2S/c8*1-2-4-5-3-1;;;;/h8*1-5H2;4*1H2. The Kier molecular flexibility index (Phi) is 57.9. The SMILES string of the molecule is C1CCCC1.C1CCCC1.C1CCCC1.C1CCCC1.C1CCCC1.C1CCCC1.C1CCCC1.C1CCCC1.S.S.S.S. The Bertz CT molecular complexity index is 232. The highest BCUT2D eigenvalue weighted by Gasteiger charge is 1.98. The third-order valence-electron chi connectivity index (χ3n) is 10.00. The van der Waals surface area contributed by atoms with Crippen LogP contribution in [0.5, 0.6) is 0 Å². The van der Waals surface area contributed by atoms with Crippen molar-refractivity contribution in [2.45, 2.75) is 257 Å². The van der Waals surface area contributed by atoms with Gasteiger partial charge in [0.1, 0.15) is 0 Å². The summed E-state index contributed by atoms with van der Waals surface area (Å²) in [6.07, 6.45) is 60.0. The summed E-state index contributed by atoms with van der Waals surface area (Å²) in [6, 6.07) is 0. The largest absolute Gasteiger partial charge is 0.197 e. The minimum absolute atomic E-state index is 0. The lowest BCUT2D eigenvalue weighted by Crippen LogP contribution is -1.47. The number of hydrogen-bond donors (Lipinski definition) is 0. The Balaban J connectivity index is -0.000000205. The summed E-state index contributed by atoms with van der Waals surface area (Å²) in [7, 11) is 0. The molecule has 0 N–H and O–H groups in total. The zero-order valence-corrected chi connectivity index (χ0v) is 34.3. The van der Waals surface area contributed by atoms with Crippen molar-refractivity contribution in [1.29, 1.82) is 0 Å². The minimum Gasteiger partial charge on any atom is -0.197 e. The van der Waals surface area contributed by atoms with Gasteiger partial charge in [0.25, 0.3) is 0 Å². The van der Waals surface area contributed by atoms with Gasteiger partial charge in [-0.1, -0.05) is 257 Å². The summed E-state index contributed by atoms with van der Waals surface area (Å²) < 4.78 is 0. The first-order chi connectivity index (χ1) is 20.0. The van der Waals surface area contributed by atoms with Crippen LogP contribution in [0.2, 0.25) is 0 Å². The average molecular weight is 697 g/mol. The second-order valence-corrected chi connectivity index (χ2v) is 14.1. The predicted octanol–water partition coefficient (Wildman–Crippen LogP) is 16.1. The summed E-state index contributed by atoms with van der Waals surface area (Å²) in [5.41, 5.74) is 0. The van der Waals surface area contributed by atoms with Crippen LogP contribution < -0.4 is 0 Å². The lowest BCUT2D eigenvalue weighted by molar-refractivity contribution is 0.886. The maximum atomic E-state index is 1.50. The lowest BCUT2D eigenvalue weighted by Gasteiger charge is -1.67. The Morgan fingerprint density at radius 2 is 0.0909 bits per heavy atom. The topological polar surface area (TPSA) is 0 Å². The highest BCUT2D eigenvalue weighted by Crippen LogP contribution is 2.18. The fourth-order valence-corrected chi connectivity index (χ4v) is 7.07. The first-order valence-corrected chi connectivity index (χ1v) is 20.0. The van der Waals surface area contributed by atoms with Crippen molar-refractivity contribution in [2.75, 3.05) is 0 Å². The number of rotatable bonds is 0. The Labute approximate surface area is 309 Å². The fraction of sp³-hybridized carbons (Fsp3) is 1.00. The molecule has 0 saturated heterocycles. The monoisotopic (exact) mass is 697 g/mol. The van der Waals surface area contributed by atoms with Gasteiger partial charge in [-0.05, 0) is 0 Å². The first kappa shape index (κ1) is 52.2. The molecule has 4 heteroatoms. The van der Waals surface area contributed by atoms with Crippen LogP contribution in [-0.4, -0.2) is 0 Å². The van der Waals surface area contributed by atoms with E-state index in [2.05, 4.69) is 0 Å². The molecule has 0 aliphatic heterocycles. The third-order valence-corrected chi connectivity index (χ3v) is 10.00. The molecule has 8 aliphatic carbocycles. The maximum Gasteiger partial charge on any atom is -0.0533 e. The zero-order valence-electron chi connectivity index (χ0n) is 30.3. The number of hydrogen-bond acceptors (Lipinski definition) is 0. The molecule has 0 radical (unpaired) electrons. The molecule has 8 saturated carbocycles. The van der Waals surface area contributed by atoms with Crippen molar-refractivity contribution in [3.05, 3.63) is 0 Å². The molecular formula is C40H88S4. The van der Waals surface area contributed by atoms with Crippen molar-refractivity contribution < 1.29 is 0 Å². The van der Waals surface area contributed by atoms with E-state index in [4.69, 9.17) is 0 Å². The molecular weight excluding hydrogens is 609 g/mol. The first-order valence-electron chi connectivity index (χ1n) is 20.0. The molecule has 272 valence electrons. The van der Waals surface area contributed by atoms with E-state index in [9.17, 15) is 0 Å². The molecule has 0 amide bonds. The second kappa shape index (κ2) is 48.8. The minimum atomic E-state index is 0. The van der Waals surface area contributed by atoms with E-state index in [1.165, 1.54) is 257 Å². The Morgan fingerprint density at radius 3 is 0.114 bits per heavy atom. The van der Waals surface area contributed by atoms with Crippen LogP contribution in [0.25, 0.3) is 0 Å². The summed E-state index contributed by atoms with van der Waals surface area (Å²) in [5.74, 6) is 0. The van der Waals surface area contributed by atoms with Crippen LogP contribution in [-0.2, 0) is 0 Å². The van der Waals surface area contributed by atoms with Crippen LogP contribution in [0.1, 0.15) is 257 Å². The van der Waals surface area contributed by atoms with E-state index >= 15 is 0 Å². The highest BCUT2D eigenvalue weighted by atomic mass is 32.1. The Hall–Kier alpha value is 1.40. The highest BCUT2D eigenvalue weighted by molar-refractivity contribution is 7.59. The van der Waals surface area contributed by atoms with Crippen molar-refractivity contribution in [1.82, 2.24) is 0 Å². The van der Waals surface area contributed by atoms with Gasteiger partial charge in [-0.15, -0.1) is 0 Å². The van der Waals surface area contributed by atoms with Gasteiger partial charge in [0.2, 0.25) is 0 Å². The van der Waals surface area contributed by atoms with Crippen molar-refractivity contribution in [3.63, 3.8) is 0 Å². The van der Waals surface area contributed by atoms with Crippen LogP contribution in [0.4, 0.5) is 0 Å². The molecule has 0 heterocycles. The zero-order chi connectivity index (χ0) is 28.3. The maximum absolute atomic E-state index is 1.50. The quantitative estimate of drug-likeness (QED) is 0.236. The van der Waals surface area contributed by atoms with Gasteiger partial charge in [-0.2, -0.15) is 54.0 Å². The summed E-state index contributed by atoms with van der Waals surface area (Å²) >= 11 is 0. The normalized spacial score (nSPS) is 21.8. The van der Waals surface area contributed by atoms with Gasteiger partial charge in [0.15, 0.2) is 0 Å². The van der Waals surface area contributed by atoms with Gasteiger partial charge in [-0.3, -0.25) is 0 Å². The smallest absolute Gasteiger partial charge is 0.0533 e. The van der Waals surface area contributed by atoms with Gasteiger partial charge >= 0.3 is 0 Å². The predicted molar refractivity (Wildman–Crippen MR) is 226 cm³/mol. The van der Waals surface area contributed by atoms with E-state index in [-0.39, 0.29) is 54.0 Å². The van der Waals surface area contributed by atoms with Crippen molar-refractivity contribution in [2.24, 2.45) is 0 Å². The van der Waals surface area contributed by atoms with Gasteiger partial charge < -0.3 is 0 Å². The lowest BCUT2D eigenvalue weighted by atomic mass is 10.4. The molecule has 0 aromatic heterocycles. The van der Waals surface area contributed by atoms with Crippen molar-refractivity contribution >= 4 is 54.0 Å². The van der Waals surface area contributed by atoms with E-state index in [0.717, 1.165) is 0 Å². The van der Waals surface area contributed by atoms with E-state index in [1.807, 2.05) is 0 Å². The van der Waals surface area contributed by atoms with E-state index < -0.39 is 0 Å². The summed E-state index contributed by atoms with van der Waals surface area (Å²) in [5, 5.41) is 0. The second-order valence-electron chi connectivity index (χ2n) is 14.1. The molecule has 0 aromatic carbocycles. The Morgan fingerprint density at radius 1 is 0.0682 bits per heavy atom. The van der Waals surface area contributed by atoms with E-state index in [1.54, 1.807) is 0 Å². The van der Waals surface area contributed by atoms with Crippen LogP contribution >= 0.6 is 54.0 Å². The molecule has 0 bridgehead atoms. The molecule has 0 nitrogen and oxygen atoms in total. The molecule has 8 aliphatic rings. The molecule has 0 unspecified atom stereocenters.